The molecular formula is C23H35N3O3. The number of amides is 2. The zero-order valence-corrected chi connectivity index (χ0v) is 17.6. The van der Waals surface area contributed by atoms with Crippen LogP contribution >= 0.6 is 0 Å². The number of rotatable bonds is 7. The van der Waals surface area contributed by atoms with Gasteiger partial charge < -0.3 is 15.3 Å². The largest absolute Gasteiger partial charge is 0.393 e. The predicted molar refractivity (Wildman–Crippen MR) is 113 cm³/mol. The Labute approximate surface area is 174 Å². The van der Waals surface area contributed by atoms with E-state index in [1.54, 1.807) is 0 Å². The molecule has 1 aromatic rings. The molecule has 0 aliphatic carbocycles. The third kappa shape index (κ3) is 6.54. The highest BCUT2D eigenvalue weighted by Gasteiger charge is 2.26. The molecule has 2 heterocycles. The van der Waals surface area contributed by atoms with E-state index in [4.69, 9.17) is 0 Å². The number of hydrogen-bond donors (Lipinski definition) is 2. The number of nitrogens with zero attached hydrogens (tertiary/aromatic N) is 2. The molecule has 160 valence electrons. The van der Waals surface area contributed by atoms with E-state index in [1.807, 2.05) is 11.8 Å². The van der Waals surface area contributed by atoms with Crippen LogP contribution in [0.15, 0.2) is 24.3 Å². The van der Waals surface area contributed by atoms with E-state index in [0.717, 1.165) is 57.3 Å². The minimum atomic E-state index is -0.138. The van der Waals surface area contributed by atoms with E-state index in [0.29, 0.717) is 26.1 Å². The molecule has 0 spiro atoms. The van der Waals surface area contributed by atoms with Crippen molar-refractivity contribution >= 4 is 11.8 Å². The van der Waals surface area contributed by atoms with Crippen molar-refractivity contribution < 1.29 is 14.7 Å². The first-order chi connectivity index (χ1) is 14.0. The van der Waals surface area contributed by atoms with Crippen LogP contribution in [0.1, 0.15) is 56.6 Å². The van der Waals surface area contributed by atoms with Gasteiger partial charge in [0.25, 0.3) is 0 Å². The number of aliphatic hydroxyl groups is 1. The molecule has 2 saturated heterocycles. The summed E-state index contributed by atoms with van der Waals surface area (Å²) in [6.45, 7) is 6.75. The Morgan fingerprint density at radius 2 is 1.62 bits per heavy atom. The predicted octanol–water partition coefficient (Wildman–Crippen LogP) is 2.30. The molecule has 0 bridgehead atoms. The first-order valence-corrected chi connectivity index (χ1v) is 11.1. The van der Waals surface area contributed by atoms with Crippen molar-refractivity contribution in [2.75, 3.05) is 26.2 Å². The zero-order valence-electron chi connectivity index (χ0n) is 17.6. The van der Waals surface area contributed by atoms with E-state index in [-0.39, 0.29) is 23.8 Å². The van der Waals surface area contributed by atoms with Gasteiger partial charge in [0.2, 0.25) is 11.8 Å². The maximum atomic E-state index is 12.5. The Morgan fingerprint density at radius 1 is 1.00 bits per heavy atom. The maximum Gasteiger partial charge on any atom is 0.223 e. The van der Waals surface area contributed by atoms with Crippen molar-refractivity contribution in [3.05, 3.63) is 35.4 Å². The van der Waals surface area contributed by atoms with Gasteiger partial charge in [-0.15, -0.1) is 0 Å². The fourth-order valence-corrected chi connectivity index (χ4v) is 4.19. The summed E-state index contributed by atoms with van der Waals surface area (Å²) in [5.74, 6) is 0.324. The fraction of sp³-hybridized carbons (Fsp3) is 0.652. The molecule has 6 heteroatoms. The molecule has 2 aliphatic heterocycles. The van der Waals surface area contributed by atoms with Gasteiger partial charge in [-0.25, -0.2) is 0 Å². The minimum Gasteiger partial charge on any atom is -0.393 e. The first kappa shape index (κ1) is 21.8. The Bertz CT molecular complexity index is 660. The number of benzene rings is 1. The second-order valence-electron chi connectivity index (χ2n) is 8.45. The van der Waals surface area contributed by atoms with E-state index in [1.165, 1.54) is 5.56 Å². The molecule has 3 rings (SSSR count). The number of carbonyl (C=O) groups is 2. The van der Waals surface area contributed by atoms with Gasteiger partial charge in [-0.05, 0) is 43.2 Å². The number of hydrogen-bond acceptors (Lipinski definition) is 4. The van der Waals surface area contributed by atoms with Crippen LogP contribution in [0.4, 0.5) is 0 Å². The monoisotopic (exact) mass is 401 g/mol. The average molecular weight is 402 g/mol. The SMILES string of the molecule is CCCC(=O)N1CCC(C(=O)NCc2ccc(CN3CCC(O)CC3)cc2)CC1. The van der Waals surface area contributed by atoms with Gasteiger partial charge in [0.15, 0.2) is 0 Å². The molecule has 1 aromatic carbocycles. The van der Waals surface area contributed by atoms with Crippen LogP contribution in [0.5, 0.6) is 0 Å². The van der Waals surface area contributed by atoms with Crippen molar-refractivity contribution in [1.29, 1.82) is 0 Å². The van der Waals surface area contributed by atoms with Gasteiger partial charge in [0, 0.05) is 51.6 Å². The number of likely N-dealkylation sites (tertiary alicyclic amines) is 2. The third-order valence-corrected chi connectivity index (χ3v) is 6.14. The van der Waals surface area contributed by atoms with Gasteiger partial charge in [-0.1, -0.05) is 31.2 Å². The van der Waals surface area contributed by atoms with E-state index in [2.05, 4.69) is 34.5 Å². The standard InChI is InChI=1S/C23H35N3O3/c1-2-3-22(28)26-14-8-20(9-15-26)23(29)24-16-18-4-6-19(7-5-18)17-25-12-10-21(27)11-13-25/h4-7,20-21,27H,2-3,8-17H2,1H3,(H,24,29). The summed E-state index contributed by atoms with van der Waals surface area (Å²) in [6, 6.07) is 8.43. The Balaban J connectivity index is 1.38. The van der Waals surface area contributed by atoms with Gasteiger partial charge in [0.1, 0.15) is 0 Å². The Morgan fingerprint density at radius 3 is 2.24 bits per heavy atom. The summed E-state index contributed by atoms with van der Waals surface area (Å²) in [7, 11) is 0. The molecule has 0 unspecified atom stereocenters. The second-order valence-corrected chi connectivity index (χ2v) is 8.45. The lowest BCUT2D eigenvalue weighted by atomic mass is 9.95. The molecule has 2 fully saturated rings. The molecule has 29 heavy (non-hydrogen) atoms. The van der Waals surface area contributed by atoms with Crippen molar-refractivity contribution in [2.24, 2.45) is 5.92 Å². The van der Waals surface area contributed by atoms with Crippen LogP contribution < -0.4 is 5.32 Å². The smallest absolute Gasteiger partial charge is 0.223 e. The molecule has 2 aliphatic rings. The van der Waals surface area contributed by atoms with Gasteiger partial charge >= 0.3 is 0 Å². The first-order valence-electron chi connectivity index (χ1n) is 11.1. The fourth-order valence-electron chi connectivity index (χ4n) is 4.19. The summed E-state index contributed by atoms with van der Waals surface area (Å²) in [5, 5.41) is 12.7. The normalized spacial score (nSPS) is 19.3. The summed E-state index contributed by atoms with van der Waals surface area (Å²) in [5.41, 5.74) is 2.37. The van der Waals surface area contributed by atoms with Crippen LogP contribution in [0.2, 0.25) is 0 Å². The summed E-state index contributed by atoms with van der Waals surface area (Å²) >= 11 is 0. The average Bonchev–Trinajstić information content (AvgIpc) is 2.75. The number of piperidine rings is 2. The Kier molecular flexibility index (Phi) is 8.07. The number of nitrogens with one attached hydrogen (secondary N) is 1. The lowest BCUT2D eigenvalue weighted by Gasteiger charge is -2.31. The van der Waals surface area contributed by atoms with Crippen LogP contribution in [0.25, 0.3) is 0 Å². The molecule has 0 atom stereocenters. The number of aliphatic hydroxyl groups excluding tert-OH is 1. The van der Waals surface area contributed by atoms with Crippen molar-refractivity contribution in [3.8, 4) is 0 Å². The van der Waals surface area contributed by atoms with Crippen molar-refractivity contribution in [1.82, 2.24) is 15.1 Å². The molecule has 0 radical (unpaired) electrons. The Hall–Kier alpha value is -1.92. The molecule has 2 N–H and O–H groups in total. The summed E-state index contributed by atoms with van der Waals surface area (Å²) in [4.78, 5) is 28.7. The molecule has 0 saturated carbocycles. The summed E-state index contributed by atoms with van der Waals surface area (Å²) in [6.07, 6.45) is 4.56. The van der Waals surface area contributed by atoms with Crippen molar-refractivity contribution in [3.63, 3.8) is 0 Å². The van der Waals surface area contributed by atoms with Crippen LogP contribution in [0, 0.1) is 5.92 Å². The minimum absolute atomic E-state index is 0.00871. The highest BCUT2D eigenvalue weighted by atomic mass is 16.3. The van der Waals surface area contributed by atoms with Crippen LogP contribution in [-0.4, -0.2) is 59.0 Å². The lowest BCUT2D eigenvalue weighted by Crippen LogP contribution is -2.42. The lowest BCUT2D eigenvalue weighted by molar-refractivity contribution is -0.135. The quantitative estimate of drug-likeness (QED) is 0.735. The van der Waals surface area contributed by atoms with Gasteiger partial charge in [-0.3, -0.25) is 14.5 Å². The molecule has 6 nitrogen and oxygen atoms in total. The highest BCUT2D eigenvalue weighted by Crippen LogP contribution is 2.19. The third-order valence-electron chi connectivity index (χ3n) is 6.14. The highest BCUT2D eigenvalue weighted by molar-refractivity contribution is 5.80. The van der Waals surface area contributed by atoms with Crippen LogP contribution in [0.3, 0.4) is 0 Å². The second kappa shape index (κ2) is 10.7. The van der Waals surface area contributed by atoms with Crippen LogP contribution in [-0.2, 0) is 22.7 Å². The topological polar surface area (TPSA) is 72.9 Å². The van der Waals surface area contributed by atoms with E-state index < -0.39 is 0 Å². The molecule has 2 amide bonds. The summed E-state index contributed by atoms with van der Waals surface area (Å²) < 4.78 is 0. The molecule has 0 aromatic heterocycles. The number of carbonyl (C=O) groups excluding carboxylic acids is 2. The van der Waals surface area contributed by atoms with E-state index in [9.17, 15) is 14.7 Å². The van der Waals surface area contributed by atoms with E-state index >= 15 is 0 Å². The van der Waals surface area contributed by atoms with Crippen molar-refractivity contribution in [2.45, 2.75) is 64.6 Å². The maximum absolute atomic E-state index is 12.5. The molecular weight excluding hydrogens is 366 g/mol. The van der Waals surface area contributed by atoms with Gasteiger partial charge in [0.05, 0.1) is 6.10 Å². The zero-order chi connectivity index (χ0) is 20.6. The van der Waals surface area contributed by atoms with Gasteiger partial charge in [-0.2, -0.15) is 0 Å².